The van der Waals surface area contributed by atoms with Crippen molar-refractivity contribution in [3.63, 3.8) is 0 Å². The molecule has 1 aliphatic rings. The molecule has 0 radical (unpaired) electrons. The van der Waals surface area contributed by atoms with Crippen LogP contribution in [0, 0.1) is 5.92 Å². The molecule has 0 atom stereocenters. The van der Waals surface area contributed by atoms with Gasteiger partial charge >= 0.3 is 18.3 Å². The number of esters is 1. The lowest BCUT2D eigenvalue weighted by atomic mass is 9.89. The predicted octanol–water partition coefficient (Wildman–Crippen LogP) is 4.58. The first-order chi connectivity index (χ1) is 13.0. The summed E-state index contributed by atoms with van der Waals surface area (Å²) in [6.45, 7) is -0.401. The van der Waals surface area contributed by atoms with Crippen LogP contribution < -0.4 is 5.32 Å². The van der Waals surface area contributed by atoms with E-state index in [4.69, 9.17) is 0 Å². The third kappa shape index (κ3) is 6.42. The summed E-state index contributed by atoms with van der Waals surface area (Å²) in [6.07, 6.45) is -4.96. The lowest BCUT2D eigenvalue weighted by Crippen LogP contribution is -2.33. The van der Waals surface area contributed by atoms with Crippen LogP contribution in [0.5, 0.6) is 0 Å². The number of alkyl halides is 6. The third-order valence-electron chi connectivity index (χ3n) is 4.47. The highest BCUT2D eigenvalue weighted by Gasteiger charge is 2.37. The third-order valence-corrected chi connectivity index (χ3v) is 4.47. The number of rotatable bonds is 5. The Bertz CT molecular complexity index is 676. The highest BCUT2D eigenvalue weighted by atomic mass is 19.4. The highest BCUT2D eigenvalue weighted by Crippen LogP contribution is 2.36. The van der Waals surface area contributed by atoms with Gasteiger partial charge < -0.3 is 10.1 Å². The van der Waals surface area contributed by atoms with E-state index in [1.54, 1.807) is 0 Å². The molecule has 2 rings (SSSR count). The van der Waals surface area contributed by atoms with E-state index in [0.717, 1.165) is 32.1 Å². The molecule has 10 heteroatoms. The minimum Gasteiger partial charge on any atom is -0.452 e. The van der Waals surface area contributed by atoms with Crippen LogP contribution in [0.3, 0.4) is 0 Å². The maximum atomic E-state index is 12.8. The standard InChI is InChI=1S/C18H19F6NO3/c19-17(20,21)13-6-12(7-14(8-13)18(22,23)24)16(27)28-10-15(26)25-9-11-4-2-1-3-5-11/h6-8,11H,1-5,9-10H2,(H,25,26). The van der Waals surface area contributed by atoms with E-state index in [0.29, 0.717) is 12.5 Å². The number of carbonyl (C=O) groups is 2. The van der Waals surface area contributed by atoms with Crippen LogP contribution in [0.15, 0.2) is 18.2 Å². The topological polar surface area (TPSA) is 55.4 Å². The van der Waals surface area contributed by atoms with Crippen molar-refractivity contribution in [3.05, 3.63) is 34.9 Å². The molecule has 1 N–H and O–H groups in total. The van der Waals surface area contributed by atoms with E-state index in [9.17, 15) is 35.9 Å². The van der Waals surface area contributed by atoms with Crippen molar-refractivity contribution in [2.24, 2.45) is 5.92 Å². The van der Waals surface area contributed by atoms with Crippen LogP contribution in [0.2, 0.25) is 0 Å². The fourth-order valence-corrected chi connectivity index (χ4v) is 2.99. The normalized spacial score (nSPS) is 15.9. The molecular weight excluding hydrogens is 392 g/mol. The van der Waals surface area contributed by atoms with Crippen molar-refractivity contribution in [1.82, 2.24) is 5.32 Å². The molecule has 156 valence electrons. The Morgan fingerprint density at radius 3 is 1.96 bits per heavy atom. The van der Waals surface area contributed by atoms with E-state index in [-0.39, 0.29) is 18.2 Å². The van der Waals surface area contributed by atoms with Gasteiger partial charge in [-0.2, -0.15) is 26.3 Å². The van der Waals surface area contributed by atoms with E-state index in [2.05, 4.69) is 10.1 Å². The van der Waals surface area contributed by atoms with Gasteiger partial charge in [0.1, 0.15) is 0 Å². The Labute approximate surface area is 157 Å². The summed E-state index contributed by atoms with van der Waals surface area (Å²) in [5.41, 5.74) is -4.19. The van der Waals surface area contributed by atoms with Gasteiger partial charge in [0, 0.05) is 6.54 Å². The van der Waals surface area contributed by atoms with Gasteiger partial charge in [-0.05, 0) is 37.0 Å². The first-order valence-corrected chi connectivity index (χ1v) is 8.70. The van der Waals surface area contributed by atoms with Gasteiger partial charge in [0.2, 0.25) is 0 Å². The molecule has 1 aromatic carbocycles. The molecule has 1 fully saturated rings. The molecule has 1 aliphatic carbocycles. The number of ether oxygens (including phenoxy) is 1. The summed E-state index contributed by atoms with van der Waals surface area (Å²) in [5, 5.41) is 2.55. The molecule has 1 saturated carbocycles. The summed E-state index contributed by atoms with van der Waals surface area (Å²) < 4.78 is 81.4. The molecule has 28 heavy (non-hydrogen) atoms. The minimum atomic E-state index is -5.08. The van der Waals surface area contributed by atoms with Gasteiger partial charge in [0.15, 0.2) is 6.61 Å². The maximum absolute atomic E-state index is 12.8. The van der Waals surface area contributed by atoms with Crippen LogP contribution in [-0.4, -0.2) is 25.0 Å². The van der Waals surface area contributed by atoms with Crippen LogP contribution in [-0.2, 0) is 21.9 Å². The molecule has 0 unspecified atom stereocenters. The molecule has 1 amide bonds. The summed E-state index contributed by atoms with van der Waals surface area (Å²) in [7, 11) is 0. The van der Waals surface area contributed by atoms with E-state index < -0.39 is 47.5 Å². The summed E-state index contributed by atoms with van der Waals surface area (Å²) in [5.74, 6) is -1.79. The lowest BCUT2D eigenvalue weighted by Gasteiger charge is -2.21. The number of benzene rings is 1. The Morgan fingerprint density at radius 2 is 1.46 bits per heavy atom. The first kappa shape index (κ1) is 22.0. The Balaban J connectivity index is 1.99. The van der Waals surface area contributed by atoms with Gasteiger partial charge in [0.05, 0.1) is 16.7 Å². The van der Waals surface area contributed by atoms with Crippen LogP contribution >= 0.6 is 0 Å². The molecule has 0 spiro atoms. The summed E-state index contributed by atoms with van der Waals surface area (Å²) in [4.78, 5) is 23.6. The molecular formula is C18H19F6NO3. The zero-order chi connectivity index (χ0) is 20.9. The Morgan fingerprint density at radius 1 is 0.929 bits per heavy atom. The zero-order valence-electron chi connectivity index (χ0n) is 14.8. The molecule has 0 aromatic heterocycles. The van der Waals surface area contributed by atoms with Gasteiger partial charge in [-0.3, -0.25) is 4.79 Å². The van der Waals surface area contributed by atoms with Crippen LogP contribution in [0.1, 0.15) is 53.6 Å². The van der Waals surface area contributed by atoms with Crippen LogP contribution in [0.25, 0.3) is 0 Å². The van der Waals surface area contributed by atoms with Crippen molar-refractivity contribution in [2.75, 3.05) is 13.2 Å². The zero-order valence-corrected chi connectivity index (χ0v) is 14.8. The number of amides is 1. The van der Waals surface area contributed by atoms with Gasteiger partial charge in [-0.15, -0.1) is 0 Å². The average Bonchev–Trinajstić information content (AvgIpc) is 2.63. The van der Waals surface area contributed by atoms with Crippen LogP contribution in [0.4, 0.5) is 26.3 Å². The number of hydrogen-bond acceptors (Lipinski definition) is 3. The fraction of sp³-hybridized carbons (Fsp3) is 0.556. The number of carbonyl (C=O) groups excluding carboxylic acids is 2. The van der Waals surface area contributed by atoms with Crippen molar-refractivity contribution < 1.29 is 40.7 Å². The Kier molecular flexibility index (Phi) is 6.95. The second-order valence-corrected chi connectivity index (χ2v) is 6.68. The Hall–Kier alpha value is -2.26. The number of nitrogens with one attached hydrogen (secondary N) is 1. The lowest BCUT2D eigenvalue weighted by molar-refractivity contribution is -0.143. The number of hydrogen-bond donors (Lipinski definition) is 1. The second-order valence-electron chi connectivity index (χ2n) is 6.68. The molecule has 4 nitrogen and oxygen atoms in total. The average molecular weight is 411 g/mol. The van der Waals surface area contributed by atoms with E-state index in [1.165, 1.54) is 0 Å². The van der Waals surface area contributed by atoms with Crippen molar-refractivity contribution >= 4 is 11.9 Å². The summed E-state index contributed by atoms with van der Waals surface area (Å²) in [6, 6.07) is 0.433. The highest BCUT2D eigenvalue weighted by molar-refractivity contribution is 5.91. The predicted molar refractivity (Wildman–Crippen MR) is 86.3 cm³/mol. The molecule has 0 bridgehead atoms. The first-order valence-electron chi connectivity index (χ1n) is 8.70. The van der Waals surface area contributed by atoms with E-state index >= 15 is 0 Å². The monoisotopic (exact) mass is 411 g/mol. The molecule has 1 aromatic rings. The van der Waals surface area contributed by atoms with Crippen molar-refractivity contribution in [2.45, 2.75) is 44.5 Å². The van der Waals surface area contributed by atoms with E-state index in [1.807, 2.05) is 0 Å². The van der Waals surface area contributed by atoms with Crippen molar-refractivity contribution in [3.8, 4) is 0 Å². The van der Waals surface area contributed by atoms with Gasteiger partial charge in [0.25, 0.3) is 5.91 Å². The quantitative estimate of drug-likeness (QED) is 0.570. The SMILES string of the molecule is O=C(COC(=O)c1cc(C(F)(F)F)cc(C(F)(F)F)c1)NCC1CCCCC1. The molecule has 0 saturated heterocycles. The van der Waals surface area contributed by atoms with Gasteiger partial charge in [-0.25, -0.2) is 4.79 Å². The fourth-order valence-electron chi connectivity index (χ4n) is 2.99. The molecule has 0 aliphatic heterocycles. The summed E-state index contributed by atoms with van der Waals surface area (Å²) >= 11 is 0. The maximum Gasteiger partial charge on any atom is 0.416 e. The minimum absolute atomic E-state index is 0.0896. The number of halogens is 6. The smallest absolute Gasteiger partial charge is 0.416 e. The van der Waals surface area contributed by atoms with Gasteiger partial charge in [-0.1, -0.05) is 19.3 Å². The van der Waals surface area contributed by atoms with Crippen molar-refractivity contribution in [1.29, 1.82) is 0 Å². The largest absolute Gasteiger partial charge is 0.452 e. The molecule has 0 heterocycles. The second kappa shape index (κ2) is 8.83.